The molecule has 1 aromatic rings. The molecule has 0 unspecified atom stereocenters. The first-order valence-corrected chi connectivity index (χ1v) is 4.77. The van der Waals surface area contributed by atoms with E-state index in [-0.39, 0.29) is 5.92 Å². The van der Waals surface area contributed by atoms with E-state index in [2.05, 4.69) is 6.58 Å². The molecule has 2 rings (SSSR count). The molecule has 0 aromatic heterocycles. The van der Waals surface area contributed by atoms with Crippen LogP contribution in [0.15, 0.2) is 42.5 Å². The Morgan fingerprint density at radius 1 is 1.36 bits per heavy atom. The van der Waals surface area contributed by atoms with Gasteiger partial charge in [-0.25, -0.2) is 0 Å². The second-order valence-corrected chi connectivity index (χ2v) is 3.64. The smallest absolute Gasteiger partial charge is 0.0878 e. The summed E-state index contributed by atoms with van der Waals surface area (Å²) < 4.78 is 5.25. The summed E-state index contributed by atoms with van der Waals surface area (Å²) in [5.41, 5.74) is 1.92. The maximum Gasteiger partial charge on any atom is 0.0878 e. The lowest BCUT2D eigenvalue weighted by atomic mass is 9.92. The van der Waals surface area contributed by atoms with Crippen molar-refractivity contribution in [3.63, 3.8) is 0 Å². The summed E-state index contributed by atoms with van der Waals surface area (Å²) in [7, 11) is 0. The van der Waals surface area contributed by atoms with E-state index in [4.69, 9.17) is 4.74 Å². The van der Waals surface area contributed by atoms with Crippen LogP contribution in [-0.4, -0.2) is 18.3 Å². The van der Waals surface area contributed by atoms with E-state index >= 15 is 0 Å². The van der Waals surface area contributed by atoms with Crippen LogP contribution >= 0.6 is 0 Å². The number of benzene rings is 1. The second-order valence-electron chi connectivity index (χ2n) is 3.64. The van der Waals surface area contributed by atoms with Crippen molar-refractivity contribution in [2.75, 3.05) is 13.2 Å². The van der Waals surface area contributed by atoms with Gasteiger partial charge in [0, 0.05) is 5.92 Å². The van der Waals surface area contributed by atoms with Crippen molar-refractivity contribution in [3.05, 3.63) is 48.0 Å². The van der Waals surface area contributed by atoms with E-state index in [1.165, 1.54) is 0 Å². The number of hydrogen-bond acceptors (Lipinski definition) is 2. The molecule has 2 atom stereocenters. The van der Waals surface area contributed by atoms with Crippen molar-refractivity contribution in [2.45, 2.75) is 6.10 Å². The molecule has 0 radical (unpaired) electrons. The first-order chi connectivity index (χ1) is 6.79. The average Bonchev–Trinajstić information content (AvgIpc) is 2.65. The highest BCUT2D eigenvalue weighted by atomic mass is 16.5. The van der Waals surface area contributed by atoms with E-state index in [0.29, 0.717) is 13.2 Å². The molecule has 2 heteroatoms. The predicted octanol–water partition coefficient (Wildman–Crippen LogP) is 1.92. The number of aliphatic hydroxyl groups excluding tert-OH is 1. The van der Waals surface area contributed by atoms with Crippen LogP contribution in [-0.2, 0) is 4.74 Å². The molecule has 0 aliphatic carbocycles. The molecule has 1 aliphatic heterocycles. The van der Waals surface area contributed by atoms with Gasteiger partial charge in [-0.3, -0.25) is 0 Å². The zero-order chi connectivity index (χ0) is 9.97. The van der Waals surface area contributed by atoms with Crippen LogP contribution in [0.1, 0.15) is 11.7 Å². The fourth-order valence-corrected chi connectivity index (χ4v) is 1.74. The summed E-state index contributed by atoms with van der Waals surface area (Å²) in [6.45, 7) is 5.05. The molecule has 14 heavy (non-hydrogen) atoms. The van der Waals surface area contributed by atoms with Crippen molar-refractivity contribution >= 4 is 0 Å². The first kappa shape index (κ1) is 9.44. The maximum absolute atomic E-state index is 10.0. The number of rotatable bonds is 2. The van der Waals surface area contributed by atoms with Gasteiger partial charge in [-0.05, 0) is 11.1 Å². The van der Waals surface area contributed by atoms with Gasteiger partial charge >= 0.3 is 0 Å². The maximum atomic E-state index is 10.0. The lowest BCUT2D eigenvalue weighted by molar-refractivity contribution is 0.0971. The van der Waals surface area contributed by atoms with Crippen LogP contribution in [0.5, 0.6) is 0 Å². The zero-order valence-electron chi connectivity index (χ0n) is 8.02. The molecule has 0 saturated carbocycles. The molecule has 0 spiro atoms. The van der Waals surface area contributed by atoms with Crippen molar-refractivity contribution in [1.29, 1.82) is 0 Å². The van der Waals surface area contributed by atoms with Crippen LogP contribution in [0.25, 0.3) is 0 Å². The Bertz CT molecular complexity index is 318. The third kappa shape index (κ3) is 1.72. The Labute approximate surface area is 83.8 Å². The number of hydrogen-bond donors (Lipinski definition) is 1. The topological polar surface area (TPSA) is 29.5 Å². The van der Waals surface area contributed by atoms with Gasteiger partial charge < -0.3 is 9.84 Å². The molecule has 0 bridgehead atoms. The van der Waals surface area contributed by atoms with Crippen LogP contribution in [0.2, 0.25) is 0 Å². The Balaban J connectivity index is 2.16. The van der Waals surface area contributed by atoms with Crippen LogP contribution < -0.4 is 0 Å². The summed E-state index contributed by atoms with van der Waals surface area (Å²) in [5, 5.41) is 10.0. The summed E-state index contributed by atoms with van der Waals surface area (Å²) in [6.07, 6.45) is -0.480. The van der Waals surface area contributed by atoms with E-state index in [1.54, 1.807) is 0 Å². The lowest BCUT2D eigenvalue weighted by Gasteiger charge is -2.17. The fourth-order valence-electron chi connectivity index (χ4n) is 1.74. The van der Waals surface area contributed by atoms with Crippen LogP contribution in [0.4, 0.5) is 0 Å². The molecule has 2 nitrogen and oxygen atoms in total. The molecule has 1 aromatic carbocycles. The summed E-state index contributed by atoms with van der Waals surface area (Å²) >= 11 is 0. The van der Waals surface area contributed by atoms with E-state index in [1.807, 2.05) is 30.3 Å². The third-order valence-electron chi connectivity index (χ3n) is 2.63. The Morgan fingerprint density at radius 3 is 2.64 bits per heavy atom. The quantitative estimate of drug-likeness (QED) is 0.722. The lowest BCUT2D eigenvalue weighted by Crippen LogP contribution is -2.13. The minimum Gasteiger partial charge on any atom is -0.388 e. The van der Waals surface area contributed by atoms with Gasteiger partial charge in [0.05, 0.1) is 19.3 Å². The SMILES string of the molecule is C=C1COC[C@@H]1[C@@H](O)c1ccccc1. The highest BCUT2D eigenvalue weighted by molar-refractivity contribution is 5.22. The summed E-state index contributed by atoms with van der Waals surface area (Å²) in [5.74, 6) is 0.0531. The Kier molecular flexibility index (Phi) is 2.66. The van der Waals surface area contributed by atoms with Gasteiger partial charge in [-0.1, -0.05) is 36.9 Å². The second kappa shape index (κ2) is 3.95. The molecule has 1 aliphatic rings. The number of ether oxygens (including phenoxy) is 1. The van der Waals surface area contributed by atoms with Crippen LogP contribution in [0, 0.1) is 5.92 Å². The van der Waals surface area contributed by atoms with Crippen molar-refractivity contribution in [2.24, 2.45) is 5.92 Å². The van der Waals surface area contributed by atoms with Crippen molar-refractivity contribution in [1.82, 2.24) is 0 Å². The molecule has 1 heterocycles. The zero-order valence-corrected chi connectivity index (χ0v) is 8.02. The van der Waals surface area contributed by atoms with Gasteiger partial charge in [-0.15, -0.1) is 0 Å². The normalized spacial score (nSPS) is 23.8. The van der Waals surface area contributed by atoms with E-state index < -0.39 is 6.10 Å². The monoisotopic (exact) mass is 190 g/mol. The van der Waals surface area contributed by atoms with Crippen LogP contribution in [0.3, 0.4) is 0 Å². The first-order valence-electron chi connectivity index (χ1n) is 4.77. The third-order valence-corrected chi connectivity index (χ3v) is 2.63. The largest absolute Gasteiger partial charge is 0.388 e. The Morgan fingerprint density at radius 2 is 2.07 bits per heavy atom. The standard InChI is InChI=1S/C12H14O2/c1-9-7-14-8-11(9)12(13)10-5-3-2-4-6-10/h2-6,11-13H,1,7-8H2/t11-,12-/m0/s1. The minimum absolute atomic E-state index is 0.0531. The fraction of sp³-hybridized carbons (Fsp3) is 0.333. The van der Waals surface area contributed by atoms with Gasteiger partial charge in [0.25, 0.3) is 0 Å². The van der Waals surface area contributed by atoms with Gasteiger partial charge in [0.2, 0.25) is 0 Å². The molecule has 1 N–H and O–H groups in total. The molecule has 74 valence electrons. The van der Waals surface area contributed by atoms with E-state index in [9.17, 15) is 5.11 Å². The minimum atomic E-state index is -0.480. The summed E-state index contributed by atoms with van der Waals surface area (Å²) in [4.78, 5) is 0. The van der Waals surface area contributed by atoms with Crippen molar-refractivity contribution in [3.8, 4) is 0 Å². The molecule has 1 saturated heterocycles. The van der Waals surface area contributed by atoms with Gasteiger partial charge in [-0.2, -0.15) is 0 Å². The average molecular weight is 190 g/mol. The predicted molar refractivity (Wildman–Crippen MR) is 54.9 cm³/mol. The molecular formula is C12H14O2. The molecular weight excluding hydrogens is 176 g/mol. The van der Waals surface area contributed by atoms with Gasteiger partial charge in [0.15, 0.2) is 0 Å². The summed E-state index contributed by atoms with van der Waals surface area (Å²) in [6, 6.07) is 9.65. The molecule has 0 amide bonds. The number of aliphatic hydroxyl groups is 1. The highest BCUT2D eigenvalue weighted by Crippen LogP contribution is 2.31. The molecule has 1 fully saturated rings. The van der Waals surface area contributed by atoms with Crippen molar-refractivity contribution < 1.29 is 9.84 Å². The highest BCUT2D eigenvalue weighted by Gasteiger charge is 2.28. The van der Waals surface area contributed by atoms with Gasteiger partial charge in [0.1, 0.15) is 0 Å². The Hall–Kier alpha value is -1.12. The van der Waals surface area contributed by atoms with E-state index in [0.717, 1.165) is 11.1 Å².